The predicted octanol–water partition coefficient (Wildman–Crippen LogP) is 2.65. The molecule has 1 aromatic carbocycles. The molecule has 0 aromatic heterocycles. The number of phenols is 1. The molecule has 0 aliphatic carbocycles. The number of benzene rings is 1. The SMILES string of the molecule is CCCCOc1cccc(CCNOCC)c1O. The summed E-state index contributed by atoms with van der Waals surface area (Å²) in [4.78, 5) is 5.04. The van der Waals surface area contributed by atoms with E-state index >= 15 is 0 Å². The van der Waals surface area contributed by atoms with Crippen LogP contribution in [0.4, 0.5) is 0 Å². The van der Waals surface area contributed by atoms with Crippen LogP contribution in [0.1, 0.15) is 32.3 Å². The highest BCUT2D eigenvalue weighted by Gasteiger charge is 2.07. The lowest BCUT2D eigenvalue weighted by Gasteiger charge is -2.11. The second-order valence-electron chi connectivity index (χ2n) is 4.04. The molecule has 0 heterocycles. The maximum atomic E-state index is 10.1. The molecule has 0 bridgehead atoms. The maximum Gasteiger partial charge on any atom is 0.161 e. The zero-order valence-corrected chi connectivity index (χ0v) is 11.2. The van der Waals surface area contributed by atoms with Gasteiger partial charge in [-0.3, -0.25) is 0 Å². The van der Waals surface area contributed by atoms with E-state index in [9.17, 15) is 5.11 Å². The van der Waals surface area contributed by atoms with Gasteiger partial charge in [-0.2, -0.15) is 0 Å². The second kappa shape index (κ2) is 8.78. The zero-order chi connectivity index (χ0) is 13.2. The number of aromatic hydroxyl groups is 1. The van der Waals surface area contributed by atoms with Crippen LogP contribution in [-0.2, 0) is 11.3 Å². The fourth-order valence-electron chi connectivity index (χ4n) is 1.57. The van der Waals surface area contributed by atoms with Crippen LogP contribution in [0.2, 0.25) is 0 Å². The van der Waals surface area contributed by atoms with Crippen molar-refractivity contribution in [1.82, 2.24) is 5.48 Å². The van der Waals surface area contributed by atoms with Crippen LogP contribution in [0.5, 0.6) is 11.5 Å². The van der Waals surface area contributed by atoms with Gasteiger partial charge in [-0.15, -0.1) is 0 Å². The van der Waals surface area contributed by atoms with E-state index in [1.807, 2.05) is 19.1 Å². The van der Waals surface area contributed by atoms with Gasteiger partial charge < -0.3 is 14.7 Å². The third-order valence-electron chi connectivity index (χ3n) is 2.58. The van der Waals surface area contributed by atoms with Gasteiger partial charge in [0.05, 0.1) is 13.2 Å². The monoisotopic (exact) mass is 253 g/mol. The Kier molecular flexibility index (Phi) is 7.22. The van der Waals surface area contributed by atoms with Gasteiger partial charge in [0.1, 0.15) is 0 Å². The zero-order valence-electron chi connectivity index (χ0n) is 11.2. The van der Waals surface area contributed by atoms with E-state index in [4.69, 9.17) is 9.57 Å². The number of hydroxylamine groups is 1. The van der Waals surface area contributed by atoms with Crippen molar-refractivity contribution in [3.05, 3.63) is 23.8 Å². The van der Waals surface area contributed by atoms with E-state index < -0.39 is 0 Å². The predicted molar refractivity (Wildman–Crippen MR) is 71.8 cm³/mol. The first-order valence-corrected chi connectivity index (χ1v) is 6.57. The molecule has 0 unspecified atom stereocenters. The molecule has 0 radical (unpaired) electrons. The molecule has 0 saturated heterocycles. The van der Waals surface area contributed by atoms with Crippen molar-refractivity contribution >= 4 is 0 Å². The summed E-state index contributed by atoms with van der Waals surface area (Å²) in [6.45, 7) is 5.97. The standard InChI is InChI=1S/C14H23NO3/c1-3-5-11-17-13-8-6-7-12(14(13)16)9-10-15-18-4-2/h6-8,15-16H,3-5,9-11H2,1-2H3. The minimum Gasteiger partial charge on any atom is -0.504 e. The number of ether oxygens (including phenoxy) is 1. The topological polar surface area (TPSA) is 50.7 Å². The van der Waals surface area contributed by atoms with Crippen molar-refractivity contribution in [2.75, 3.05) is 19.8 Å². The minimum absolute atomic E-state index is 0.243. The van der Waals surface area contributed by atoms with Crippen molar-refractivity contribution in [2.24, 2.45) is 0 Å². The highest BCUT2D eigenvalue weighted by molar-refractivity contribution is 5.45. The number of nitrogens with one attached hydrogen (secondary N) is 1. The molecule has 0 spiro atoms. The number of rotatable bonds is 9. The summed E-state index contributed by atoms with van der Waals surface area (Å²) < 4.78 is 5.54. The van der Waals surface area contributed by atoms with E-state index in [-0.39, 0.29) is 5.75 Å². The number of para-hydroxylation sites is 1. The molecule has 0 aliphatic rings. The van der Waals surface area contributed by atoms with Gasteiger partial charge in [-0.25, -0.2) is 5.48 Å². The molecular weight excluding hydrogens is 230 g/mol. The van der Waals surface area contributed by atoms with Crippen LogP contribution < -0.4 is 10.2 Å². The largest absolute Gasteiger partial charge is 0.504 e. The molecule has 0 fully saturated rings. The number of unbranched alkanes of at least 4 members (excludes halogenated alkanes) is 1. The lowest BCUT2D eigenvalue weighted by molar-refractivity contribution is 0.0518. The van der Waals surface area contributed by atoms with Gasteiger partial charge in [0.2, 0.25) is 0 Å². The lowest BCUT2D eigenvalue weighted by atomic mass is 10.1. The summed E-state index contributed by atoms with van der Waals surface area (Å²) in [5.74, 6) is 0.810. The Hall–Kier alpha value is -1.26. The van der Waals surface area contributed by atoms with E-state index in [1.54, 1.807) is 6.07 Å². The summed E-state index contributed by atoms with van der Waals surface area (Å²) in [5, 5.41) is 10.1. The fourth-order valence-corrected chi connectivity index (χ4v) is 1.57. The fraction of sp³-hybridized carbons (Fsp3) is 0.571. The van der Waals surface area contributed by atoms with Gasteiger partial charge in [-0.05, 0) is 31.4 Å². The van der Waals surface area contributed by atoms with Crippen molar-refractivity contribution in [3.63, 3.8) is 0 Å². The molecule has 1 rings (SSSR count). The van der Waals surface area contributed by atoms with Crippen molar-refractivity contribution in [2.45, 2.75) is 33.1 Å². The van der Waals surface area contributed by atoms with Gasteiger partial charge in [-0.1, -0.05) is 25.5 Å². The molecule has 4 nitrogen and oxygen atoms in total. The quantitative estimate of drug-likeness (QED) is 0.525. The van der Waals surface area contributed by atoms with Crippen LogP contribution in [0.3, 0.4) is 0 Å². The first-order valence-electron chi connectivity index (χ1n) is 6.57. The molecule has 102 valence electrons. The second-order valence-corrected chi connectivity index (χ2v) is 4.04. The average molecular weight is 253 g/mol. The van der Waals surface area contributed by atoms with E-state index in [0.29, 0.717) is 31.9 Å². The molecule has 1 aromatic rings. The molecule has 0 aliphatic heterocycles. The van der Waals surface area contributed by atoms with Gasteiger partial charge >= 0.3 is 0 Å². The molecule has 0 saturated carbocycles. The van der Waals surface area contributed by atoms with Crippen molar-refractivity contribution < 1.29 is 14.7 Å². The highest BCUT2D eigenvalue weighted by Crippen LogP contribution is 2.30. The number of hydrogen-bond acceptors (Lipinski definition) is 4. The van der Waals surface area contributed by atoms with E-state index in [1.165, 1.54) is 0 Å². The summed E-state index contributed by atoms with van der Waals surface area (Å²) >= 11 is 0. The van der Waals surface area contributed by atoms with Gasteiger partial charge in [0.25, 0.3) is 0 Å². The van der Waals surface area contributed by atoms with Crippen LogP contribution in [0.15, 0.2) is 18.2 Å². The Morgan fingerprint density at radius 3 is 2.83 bits per heavy atom. The Labute approximate surface area is 109 Å². The normalized spacial score (nSPS) is 10.6. The molecule has 18 heavy (non-hydrogen) atoms. The van der Waals surface area contributed by atoms with Gasteiger partial charge in [0, 0.05) is 6.54 Å². The summed E-state index contributed by atoms with van der Waals surface area (Å²) in [6.07, 6.45) is 2.78. The van der Waals surface area contributed by atoms with Crippen LogP contribution >= 0.6 is 0 Å². The molecule has 2 N–H and O–H groups in total. The first kappa shape index (κ1) is 14.8. The molecule has 0 atom stereocenters. The maximum absolute atomic E-state index is 10.1. The molecular formula is C14H23NO3. The third kappa shape index (κ3) is 4.94. The summed E-state index contributed by atoms with van der Waals surface area (Å²) in [7, 11) is 0. The molecule has 0 amide bonds. The van der Waals surface area contributed by atoms with Gasteiger partial charge in [0.15, 0.2) is 11.5 Å². The Morgan fingerprint density at radius 2 is 2.11 bits per heavy atom. The van der Waals surface area contributed by atoms with Crippen molar-refractivity contribution in [1.29, 1.82) is 0 Å². The average Bonchev–Trinajstić information content (AvgIpc) is 2.38. The van der Waals surface area contributed by atoms with E-state index in [0.717, 1.165) is 18.4 Å². The van der Waals surface area contributed by atoms with Crippen LogP contribution in [0, 0.1) is 0 Å². The highest BCUT2D eigenvalue weighted by atomic mass is 16.6. The smallest absolute Gasteiger partial charge is 0.161 e. The van der Waals surface area contributed by atoms with Crippen LogP contribution in [-0.4, -0.2) is 24.9 Å². The van der Waals surface area contributed by atoms with Crippen LogP contribution in [0.25, 0.3) is 0 Å². The number of phenolic OH excluding ortho intramolecular Hbond substituents is 1. The minimum atomic E-state index is 0.243. The first-order chi connectivity index (χ1) is 8.79. The Morgan fingerprint density at radius 1 is 1.28 bits per heavy atom. The Bertz CT molecular complexity index is 342. The Balaban J connectivity index is 2.49. The molecule has 4 heteroatoms. The number of hydrogen-bond donors (Lipinski definition) is 2. The summed E-state index contributed by atoms with van der Waals surface area (Å²) in [5.41, 5.74) is 3.70. The van der Waals surface area contributed by atoms with E-state index in [2.05, 4.69) is 12.4 Å². The third-order valence-corrected chi connectivity index (χ3v) is 2.58. The summed E-state index contributed by atoms with van der Waals surface area (Å²) in [6, 6.07) is 5.59. The van der Waals surface area contributed by atoms with Crippen molar-refractivity contribution in [3.8, 4) is 11.5 Å². The lowest BCUT2D eigenvalue weighted by Crippen LogP contribution is -2.17.